The molecule has 4 rings (SSSR count). The van der Waals surface area contributed by atoms with Crippen LogP contribution in [0.15, 0.2) is 64.8 Å². The third-order valence-electron chi connectivity index (χ3n) is 7.03. The highest BCUT2D eigenvalue weighted by Gasteiger charge is 2.46. The number of carbonyl (C=O) groups is 2. The molecule has 2 aromatic rings. The predicted octanol–water partition coefficient (Wildman–Crippen LogP) is 5.02. The van der Waals surface area contributed by atoms with E-state index in [9.17, 15) is 9.59 Å². The molecule has 2 aromatic carbocycles. The van der Waals surface area contributed by atoms with Gasteiger partial charge in [0.2, 0.25) is 0 Å². The maximum absolute atomic E-state index is 13.7. The van der Waals surface area contributed by atoms with Crippen molar-refractivity contribution in [3.63, 3.8) is 0 Å². The van der Waals surface area contributed by atoms with Crippen LogP contribution in [0, 0.1) is 5.92 Å². The van der Waals surface area contributed by atoms with E-state index in [1.807, 2.05) is 43.3 Å². The van der Waals surface area contributed by atoms with Gasteiger partial charge in [0.1, 0.15) is 18.1 Å². The van der Waals surface area contributed by atoms with Crippen molar-refractivity contribution in [2.75, 3.05) is 27.4 Å². The Morgan fingerprint density at radius 1 is 0.943 bits per heavy atom. The normalized spacial score (nSPS) is 21.9. The molecule has 3 atom stereocenters. The van der Waals surface area contributed by atoms with Crippen LogP contribution < -0.4 is 4.74 Å². The summed E-state index contributed by atoms with van der Waals surface area (Å²) in [7, 11) is 3.20. The van der Waals surface area contributed by atoms with Crippen LogP contribution in [0.2, 0.25) is 0 Å². The van der Waals surface area contributed by atoms with Crippen molar-refractivity contribution < 1.29 is 23.8 Å². The molecule has 35 heavy (non-hydrogen) atoms. The Morgan fingerprint density at radius 3 is 2.26 bits per heavy atom. The number of ketones is 1. The number of hydrogen-bond donors (Lipinski definition) is 0. The van der Waals surface area contributed by atoms with E-state index in [2.05, 4.69) is 19.1 Å². The molecule has 0 aromatic heterocycles. The van der Waals surface area contributed by atoms with Crippen molar-refractivity contribution >= 4 is 17.5 Å². The maximum atomic E-state index is 13.7. The maximum Gasteiger partial charge on any atom is 0.336 e. The van der Waals surface area contributed by atoms with Crippen LogP contribution >= 0.6 is 0 Å². The summed E-state index contributed by atoms with van der Waals surface area (Å²) in [5.74, 6) is -0.366. The lowest BCUT2D eigenvalue weighted by Gasteiger charge is -2.38. The fraction of sp³-hybridized carbons (Fsp3) is 0.414. The number of aryl methyl sites for hydroxylation is 1. The molecule has 0 spiro atoms. The summed E-state index contributed by atoms with van der Waals surface area (Å²) < 4.78 is 15.8. The number of ether oxygens (including phenoxy) is 3. The second-order valence-corrected chi connectivity index (χ2v) is 9.13. The quantitative estimate of drug-likeness (QED) is 0.396. The molecule has 0 amide bonds. The van der Waals surface area contributed by atoms with Gasteiger partial charge in [0.15, 0.2) is 0 Å². The van der Waals surface area contributed by atoms with Crippen LogP contribution in [0.3, 0.4) is 0 Å². The third kappa shape index (κ3) is 5.22. The molecule has 1 aliphatic carbocycles. The minimum Gasteiger partial charge on any atom is -0.497 e. The molecule has 0 saturated heterocycles. The van der Waals surface area contributed by atoms with Gasteiger partial charge in [0, 0.05) is 30.9 Å². The molecule has 6 nitrogen and oxygen atoms in total. The number of hydrogen-bond acceptors (Lipinski definition) is 6. The monoisotopic (exact) mass is 475 g/mol. The molecular weight excluding hydrogens is 442 g/mol. The average Bonchev–Trinajstić information content (AvgIpc) is 2.88. The second kappa shape index (κ2) is 11.0. The summed E-state index contributed by atoms with van der Waals surface area (Å²) >= 11 is 0. The summed E-state index contributed by atoms with van der Waals surface area (Å²) in [6.07, 6.45) is 2.00. The number of allylic oxidation sites excluding steroid dienone is 1. The van der Waals surface area contributed by atoms with E-state index >= 15 is 0 Å². The van der Waals surface area contributed by atoms with E-state index in [1.54, 1.807) is 14.2 Å². The van der Waals surface area contributed by atoms with Gasteiger partial charge in [-0.15, -0.1) is 0 Å². The summed E-state index contributed by atoms with van der Waals surface area (Å²) in [6.45, 7) is 4.41. The minimum atomic E-state index is -0.467. The first-order valence-electron chi connectivity index (χ1n) is 12.2. The minimum absolute atomic E-state index is 0.0505. The van der Waals surface area contributed by atoms with Gasteiger partial charge in [-0.2, -0.15) is 0 Å². The summed E-state index contributed by atoms with van der Waals surface area (Å²) in [5, 5.41) is 0. The molecule has 0 radical (unpaired) electrons. The lowest BCUT2D eigenvalue weighted by molar-refractivity contribution is -0.140. The number of nitrogens with zero attached hydrogens (tertiary/aromatic N) is 1. The van der Waals surface area contributed by atoms with Crippen LogP contribution in [-0.4, -0.2) is 44.9 Å². The Balaban J connectivity index is 1.72. The first-order chi connectivity index (χ1) is 17.0. The summed E-state index contributed by atoms with van der Waals surface area (Å²) in [4.78, 5) is 31.7. The van der Waals surface area contributed by atoms with Gasteiger partial charge in [0.25, 0.3) is 0 Å². The van der Waals surface area contributed by atoms with Crippen LogP contribution in [-0.2, 0) is 25.5 Å². The van der Waals surface area contributed by atoms with E-state index in [-0.39, 0.29) is 18.3 Å². The van der Waals surface area contributed by atoms with E-state index in [4.69, 9.17) is 19.2 Å². The molecule has 184 valence electrons. The Kier molecular flexibility index (Phi) is 7.81. The number of esters is 1. The van der Waals surface area contributed by atoms with E-state index in [1.165, 1.54) is 5.56 Å². The number of carbonyl (C=O) groups excluding carboxylic acids is 2. The van der Waals surface area contributed by atoms with Crippen molar-refractivity contribution in [2.24, 2.45) is 10.9 Å². The first-order valence-corrected chi connectivity index (χ1v) is 12.2. The molecule has 0 N–H and O–H groups in total. The van der Waals surface area contributed by atoms with Crippen molar-refractivity contribution in [3.8, 4) is 5.75 Å². The van der Waals surface area contributed by atoms with Gasteiger partial charge in [-0.05, 0) is 54.5 Å². The second-order valence-electron chi connectivity index (χ2n) is 9.13. The van der Waals surface area contributed by atoms with Crippen molar-refractivity contribution in [2.45, 2.75) is 44.9 Å². The van der Waals surface area contributed by atoms with Crippen LogP contribution in [0.4, 0.5) is 0 Å². The molecule has 0 bridgehead atoms. The van der Waals surface area contributed by atoms with E-state index in [0.717, 1.165) is 29.0 Å². The van der Waals surface area contributed by atoms with Gasteiger partial charge >= 0.3 is 5.97 Å². The highest BCUT2D eigenvalue weighted by Crippen LogP contribution is 2.46. The fourth-order valence-corrected chi connectivity index (χ4v) is 5.17. The van der Waals surface area contributed by atoms with E-state index < -0.39 is 17.8 Å². The first kappa shape index (κ1) is 24.9. The Bertz CT molecular complexity index is 1130. The van der Waals surface area contributed by atoms with Crippen LogP contribution in [0.5, 0.6) is 5.75 Å². The number of benzene rings is 2. The van der Waals surface area contributed by atoms with Crippen LogP contribution in [0.1, 0.15) is 55.2 Å². The van der Waals surface area contributed by atoms with Gasteiger partial charge in [-0.1, -0.05) is 43.3 Å². The zero-order chi connectivity index (χ0) is 24.9. The van der Waals surface area contributed by atoms with E-state index in [0.29, 0.717) is 30.7 Å². The standard InChI is InChI=1S/C29H33NO5/c1-5-19-6-8-21(9-7-19)27-26(29(32)35-15-14-33-3)18(2)30-24-16-22(17-25(31)28(24)27)20-10-12-23(34-4)13-11-20/h6-13,22,27-28H,5,14-17H2,1-4H3/t22-,27+,28?/m1/s1. The largest absolute Gasteiger partial charge is 0.497 e. The summed E-state index contributed by atoms with van der Waals surface area (Å²) in [6, 6.07) is 16.1. The lowest BCUT2D eigenvalue weighted by atomic mass is 9.66. The highest BCUT2D eigenvalue weighted by molar-refractivity contribution is 6.12. The Hall–Kier alpha value is -3.25. The van der Waals surface area contributed by atoms with Gasteiger partial charge in [0.05, 0.1) is 25.2 Å². The average molecular weight is 476 g/mol. The molecular formula is C29H33NO5. The highest BCUT2D eigenvalue weighted by atomic mass is 16.6. The zero-order valence-electron chi connectivity index (χ0n) is 20.9. The number of aliphatic imine (C=N–C) groups is 1. The number of fused-ring (bicyclic) bond motifs is 1. The van der Waals surface area contributed by atoms with Crippen molar-refractivity contribution in [3.05, 3.63) is 76.5 Å². The predicted molar refractivity (Wildman–Crippen MR) is 135 cm³/mol. The van der Waals surface area contributed by atoms with Crippen molar-refractivity contribution in [1.29, 1.82) is 0 Å². The summed E-state index contributed by atoms with van der Waals surface area (Å²) in [5.41, 5.74) is 5.17. The number of Topliss-reactive ketones (excluding diaryl/α,β-unsaturated/α-hetero) is 1. The lowest BCUT2D eigenvalue weighted by Crippen LogP contribution is -2.41. The van der Waals surface area contributed by atoms with Crippen molar-refractivity contribution in [1.82, 2.24) is 0 Å². The Labute approximate surface area is 207 Å². The molecule has 1 heterocycles. The Morgan fingerprint density at radius 2 is 1.63 bits per heavy atom. The number of methoxy groups -OCH3 is 2. The molecule has 1 unspecified atom stereocenters. The molecule has 1 aliphatic heterocycles. The molecule has 6 heteroatoms. The molecule has 1 fully saturated rings. The smallest absolute Gasteiger partial charge is 0.336 e. The SMILES string of the molecule is CCc1ccc([C@H]2C(C(=O)OCCOC)=C(C)N=C3C[C@@H](c4ccc(OC)cc4)CC(=O)C32)cc1. The molecule has 2 aliphatic rings. The van der Waals surface area contributed by atoms with Gasteiger partial charge in [-0.25, -0.2) is 4.79 Å². The van der Waals surface area contributed by atoms with Gasteiger partial charge in [-0.3, -0.25) is 9.79 Å². The van der Waals surface area contributed by atoms with Crippen LogP contribution in [0.25, 0.3) is 0 Å². The molecule has 1 saturated carbocycles. The fourth-order valence-electron chi connectivity index (χ4n) is 5.17. The van der Waals surface area contributed by atoms with Gasteiger partial charge < -0.3 is 14.2 Å². The zero-order valence-corrected chi connectivity index (χ0v) is 20.9. The topological polar surface area (TPSA) is 74.2 Å². The third-order valence-corrected chi connectivity index (χ3v) is 7.03. The number of rotatable bonds is 8.